The zero-order valence-electron chi connectivity index (χ0n) is 25.0. The number of nitrogens with one attached hydrogen (secondary N) is 3. The van der Waals surface area contributed by atoms with Crippen LogP contribution in [0.5, 0.6) is 0 Å². The smallest absolute Gasteiger partial charge is 0.414 e. The SMILES string of the molecule is CC(C)(C)NC(=O)[C@@H]1C[C@H](F)CN1C(=O)[C@@H](O)[C@H](Cc1ccccc1)NC(=O)[C@@H](N)CC(=O)NC(=O)OCc1ccccc1. The second-order valence-corrected chi connectivity index (χ2v) is 11.7. The summed E-state index contributed by atoms with van der Waals surface area (Å²) >= 11 is 0. The summed E-state index contributed by atoms with van der Waals surface area (Å²) in [6.07, 6.45) is -5.21. The molecule has 0 spiro atoms. The minimum Gasteiger partial charge on any atom is -0.444 e. The van der Waals surface area contributed by atoms with E-state index >= 15 is 0 Å². The molecule has 5 amide bonds. The predicted molar refractivity (Wildman–Crippen MR) is 158 cm³/mol. The molecule has 0 bridgehead atoms. The van der Waals surface area contributed by atoms with Gasteiger partial charge in [-0.3, -0.25) is 24.5 Å². The van der Waals surface area contributed by atoms with Gasteiger partial charge in [0.15, 0.2) is 6.10 Å². The van der Waals surface area contributed by atoms with Gasteiger partial charge in [-0.05, 0) is 38.3 Å². The third-order valence-electron chi connectivity index (χ3n) is 6.79. The highest BCUT2D eigenvalue weighted by molar-refractivity contribution is 5.96. The van der Waals surface area contributed by atoms with E-state index in [9.17, 15) is 33.5 Å². The van der Waals surface area contributed by atoms with Gasteiger partial charge in [-0.25, -0.2) is 9.18 Å². The van der Waals surface area contributed by atoms with E-state index in [4.69, 9.17) is 10.5 Å². The number of imide groups is 1. The van der Waals surface area contributed by atoms with E-state index in [0.717, 1.165) is 4.90 Å². The van der Waals surface area contributed by atoms with Crippen molar-refractivity contribution in [1.82, 2.24) is 20.9 Å². The van der Waals surface area contributed by atoms with E-state index in [1.807, 2.05) is 5.32 Å². The highest BCUT2D eigenvalue weighted by Gasteiger charge is 2.44. The summed E-state index contributed by atoms with van der Waals surface area (Å²) in [5, 5.41) is 18.4. The average Bonchev–Trinajstić information content (AvgIpc) is 3.36. The maximum Gasteiger partial charge on any atom is 0.414 e. The predicted octanol–water partition coefficient (Wildman–Crippen LogP) is 1.10. The van der Waals surface area contributed by atoms with E-state index in [0.29, 0.717) is 11.1 Å². The summed E-state index contributed by atoms with van der Waals surface area (Å²) in [4.78, 5) is 64.6. The van der Waals surface area contributed by atoms with Crippen molar-refractivity contribution in [3.05, 3.63) is 71.8 Å². The Labute approximate surface area is 255 Å². The third kappa shape index (κ3) is 10.4. The standard InChI is InChI=1S/C31H40FN5O7/c1-31(2,3)36-28(41)24-15-21(32)17-37(24)29(42)26(39)23(14-19-10-6-4-7-11-19)34-27(40)22(33)16-25(38)35-30(43)44-18-20-12-8-5-9-13-20/h4-13,21-24,26,39H,14-18,33H2,1-3H3,(H,34,40)(H,36,41)(H,35,38,43)/t21-,22-,23-,24-,26-/m0/s1. The summed E-state index contributed by atoms with van der Waals surface area (Å²) in [5.41, 5.74) is 6.66. The van der Waals surface area contributed by atoms with Crippen molar-refractivity contribution >= 4 is 29.7 Å². The van der Waals surface area contributed by atoms with E-state index in [2.05, 4.69) is 10.6 Å². The largest absolute Gasteiger partial charge is 0.444 e. The molecule has 1 heterocycles. The fourth-order valence-corrected chi connectivity index (χ4v) is 4.69. The average molecular weight is 614 g/mol. The lowest BCUT2D eigenvalue weighted by atomic mass is 9.99. The normalized spacial score (nSPS) is 18.5. The molecule has 6 N–H and O–H groups in total. The maximum absolute atomic E-state index is 14.4. The molecule has 5 atom stereocenters. The highest BCUT2D eigenvalue weighted by atomic mass is 19.1. The van der Waals surface area contributed by atoms with Crippen LogP contribution in [0.15, 0.2) is 60.7 Å². The van der Waals surface area contributed by atoms with Gasteiger partial charge in [0.2, 0.25) is 17.7 Å². The lowest BCUT2D eigenvalue weighted by molar-refractivity contribution is -0.147. The molecular weight excluding hydrogens is 573 g/mol. The monoisotopic (exact) mass is 613 g/mol. The van der Waals surface area contributed by atoms with Crippen LogP contribution in [-0.2, 0) is 36.9 Å². The van der Waals surface area contributed by atoms with Gasteiger partial charge in [-0.15, -0.1) is 0 Å². The Bertz CT molecular complexity index is 1310. The van der Waals surface area contributed by atoms with Gasteiger partial charge in [0.25, 0.3) is 5.91 Å². The van der Waals surface area contributed by atoms with Crippen LogP contribution in [0, 0.1) is 0 Å². The van der Waals surface area contributed by atoms with Crippen molar-refractivity contribution in [2.24, 2.45) is 5.73 Å². The molecule has 0 aromatic heterocycles. The van der Waals surface area contributed by atoms with Gasteiger partial charge in [0, 0.05) is 12.0 Å². The number of halogens is 1. The Kier molecular flexibility index (Phi) is 11.9. The molecule has 238 valence electrons. The number of alkyl halides is 1. The summed E-state index contributed by atoms with van der Waals surface area (Å²) < 4.78 is 19.4. The summed E-state index contributed by atoms with van der Waals surface area (Å²) in [5.74, 6) is -3.25. The van der Waals surface area contributed by atoms with Gasteiger partial charge < -0.3 is 31.1 Å². The number of benzene rings is 2. The van der Waals surface area contributed by atoms with Crippen LogP contribution >= 0.6 is 0 Å². The first-order valence-electron chi connectivity index (χ1n) is 14.3. The lowest BCUT2D eigenvalue weighted by Gasteiger charge is -2.32. The number of carbonyl (C=O) groups excluding carboxylic acids is 5. The van der Waals surface area contributed by atoms with Crippen molar-refractivity contribution in [3.8, 4) is 0 Å². The van der Waals surface area contributed by atoms with Crippen molar-refractivity contribution in [1.29, 1.82) is 0 Å². The molecule has 1 aliphatic heterocycles. The van der Waals surface area contributed by atoms with Crippen molar-refractivity contribution in [2.75, 3.05) is 6.54 Å². The zero-order chi connectivity index (χ0) is 32.4. The van der Waals surface area contributed by atoms with Crippen LogP contribution in [-0.4, -0.2) is 82.2 Å². The Morgan fingerprint density at radius 3 is 2.20 bits per heavy atom. The number of likely N-dealkylation sites (tertiary alicyclic amines) is 1. The van der Waals surface area contributed by atoms with E-state index < -0.39 is 78.6 Å². The van der Waals surface area contributed by atoms with Gasteiger partial charge >= 0.3 is 6.09 Å². The number of aliphatic hydroxyl groups excluding tert-OH is 1. The molecule has 2 aromatic rings. The summed E-state index contributed by atoms with van der Waals surface area (Å²) in [7, 11) is 0. The molecule has 44 heavy (non-hydrogen) atoms. The van der Waals surface area contributed by atoms with Crippen LogP contribution in [0.4, 0.5) is 9.18 Å². The molecule has 3 rings (SSSR count). The van der Waals surface area contributed by atoms with Crippen LogP contribution < -0.4 is 21.7 Å². The number of hydrogen-bond donors (Lipinski definition) is 5. The fourth-order valence-electron chi connectivity index (χ4n) is 4.69. The van der Waals surface area contributed by atoms with Crippen LogP contribution in [0.2, 0.25) is 0 Å². The second kappa shape index (κ2) is 15.4. The van der Waals surface area contributed by atoms with E-state index in [-0.39, 0.29) is 19.4 Å². The van der Waals surface area contributed by atoms with Gasteiger partial charge in [0.05, 0.1) is 25.0 Å². The van der Waals surface area contributed by atoms with Crippen LogP contribution in [0.1, 0.15) is 44.7 Å². The maximum atomic E-state index is 14.4. The quantitative estimate of drug-likeness (QED) is 0.250. The summed E-state index contributed by atoms with van der Waals surface area (Å²) in [6.45, 7) is 4.77. The molecule has 1 aliphatic rings. The molecule has 0 radical (unpaired) electrons. The minimum atomic E-state index is -1.87. The molecule has 1 saturated heterocycles. The number of amides is 5. The molecule has 12 nitrogen and oxygen atoms in total. The van der Waals surface area contributed by atoms with Gasteiger partial charge in [-0.2, -0.15) is 0 Å². The Morgan fingerprint density at radius 1 is 1.02 bits per heavy atom. The number of nitrogens with zero attached hydrogens (tertiary/aromatic N) is 1. The van der Waals surface area contributed by atoms with Gasteiger partial charge in [-0.1, -0.05) is 60.7 Å². The van der Waals surface area contributed by atoms with Gasteiger partial charge in [0.1, 0.15) is 18.8 Å². The molecule has 13 heteroatoms. The van der Waals surface area contributed by atoms with E-state index in [1.165, 1.54) is 0 Å². The number of carbonyl (C=O) groups is 5. The first-order valence-corrected chi connectivity index (χ1v) is 14.3. The topological polar surface area (TPSA) is 180 Å². The molecule has 1 fully saturated rings. The number of hydrogen-bond acceptors (Lipinski definition) is 8. The zero-order valence-corrected chi connectivity index (χ0v) is 25.0. The number of alkyl carbamates (subject to hydrolysis) is 1. The van der Waals surface area contributed by atoms with E-state index in [1.54, 1.807) is 81.4 Å². The third-order valence-corrected chi connectivity index (χ3v) is 6.79. The first-order chi connectivity index (χ1) is 20.7. The summed E-state index contributed by atoms with van der Waals surface area (Å²) in [6, 6.07) is 13.6. The number of rotatable bonds is 11. The number of ether oxygens (including phenoxy) is 1. The lowest BCUT2D eigenvalue weighted by Crippen LogP contribution is -2.58. The molecule has 0 unspecified atom stereocenters. The number of aliphatic hydroxyl groups is 1. The highest BCUT2D eigenvalue weighted by Crippen LogP contribution is 2.23. The van der Waals surface area contributed by atoms with Crippen LogP contribution in [0.3, 0.4) is 0 Å². The molecule has 2 aromatic carbocycles. The van der Waals surface area contributed by atoms with Crippen molar-refractivity contribution in [2.45, 2.75) is 82.6 Å². The molecule has 0 saturated carbocycles. The Balaban J connectivity index is 1.65. The fraction of sp³-hybridized carbons (Fsp3) is 0.452. The van der Waals surface area contributed by atoms with Crippen LogP contribution in [0.25, 0.3) is 0 Å². The second-order valence-electron chi connectivity index (χ2n) is 11.7. The Morgan fingerprint density at radius 2 is 1.61 bits per heavy atom. The minimum absolute atomic E-state index is 0.0179. The van der Waals surface area contributed by atoms with Crippen molar-refractivity contribution in [3.63, 3.8) is 0 Å². The Hall–Kier alpha value is -4.36. The first kappa shape index (κ1) is 34.1. The molecule has 0 aliphatic carbocycles. The molecular formula is C31H40FN5O7. The number of nitrogens with two attached hydrogens (primary N) is 1. The van der Waals surface area contributed by atoms with Crippen molar-refractivity contribution < 1.29 is 38.2 Å².